The highest BCUT2D eigenvalue weighted by atomic mass is 16.5. The molecule has 1 N–H and O–H groups in total. The van der Waals surface area contributed by atoms with Crippen molar-refractivity contribution in [1.29, 1.82) is 0 Å². The zero-order valence-corrected chi connectivity index (χ0v) is 10.2. The quantitative estimate of drug-likeness (QED) is 0.896. The molecule has 0 aliphatic rings. The van der Waals surface area contributed by atoms with Gasteiger partial charge in [0.25, 0.3) is 5.91 Å². The molecule has 18 heavy (non-hydrogen) atoms. The summed E-state index contributed by atoms with van der Waals surface area (Å²) in [5.41, 5.74) is 1.09. The van der Waals surface area contributed by atoms with Crippen LogP contribution in [-0.4, -0.2) is 23.0 Å². The first-order chi connectivity index (χ1) is 8.69. The lowest BCUT2D eigenvalue weighted by Gasteiger charge is -2.06. The van der Waals surface area contributed by atoms with Crippen LogP contribution < -0.4 is 10.1 Å². The van der Waals surface area contributed by atoms with Gasteiger partial charge in [0.05, 0.1) is 12.7 Å². The fourth-order valence-corrected chi connectivity index (χ4v) is 1.41. The zero-order chi connectivity index (χ0) is 13.0. The van der Waals surface area contributed by atoms with E-state index in [1.54, 1.807) is 32.2 Å². The van der Waals surface area contributed by atoms with E-state index in [0.29, 0.717) is 22.8 Å². The number of ether oxygens (including phenoxy) is 1. The Labute approximate surface area is 105 Å². The molecule has 0 bridgehead atoms. The Morgan fingerprint density at radius 2 is 2.00 bits per heavy atom. The van der Waals surface area contributed by atoms with Crippen LogP contribution in [0, 0.1) is 6.92 Å². The summed E-state index contributed by atoms with van der Waals surface area (Å²) >= 11 is 0. The standard InChI is InChI=1S/C13H13N3O2/c1-9-14-7-10(8-15-9)13(17)16-11-4-3-5-12(6-11)18-2/h3-8H,1-2H3,(H,16,17). The van der Waals surface area contributed by atoms with E-state index in [1.807, 2.05) is 6.07 Å². The number of rotatable bonds is 3. The molecule has 2 rings (SSSR count). The number of nitrogens with zero attached hydrogens (tertiary/aromatic N) is 2. The van der Waals surface area contributed by atoms with E-state index in [1.165, 1.54) is 12.4 Å². The molecule has 0 radical (unpaired) electrons. The van der Waals surface area contributed by atoms with Crippen molar-refractivity contribution in [2.45, 2.75) is 6.92 Å². The number of hydrogen-bond donors (Lipinski definition) is 1. The van der Waals surface area contributed by atoms with Gasteiger partial charge < -0.3 is 10.1 Å². The summed E-state index contributed by atoms with van der Waals surface area (Å²) in [5.74, 6) is 1.07. The summed E-state index contributed by atoms with van der Waals surface area (Å²) in [4.78, 5) is 19.9. The Balaban J connectivity index is 2.13. The first kappa shape index (κ1) is 12.0. The lowest BCUT2D eigenvalue weighted by Crippen LogP contribution is -2.12. The van der Waals surface area contributed by atoms with Gasteiger partial charge in [-0.05, 0) is 19.1 Å². The normalized spacial score (nSPS) is 9.89. The lowest BCUT2D eigenvalue weighted by atomic mass is 10.2. The maximum atomic E-state index is 11.9. The van der Waals surface area contributed by atoms with E-state index < -0.39 is 0 Å². The van der Waals surface area contributed by atoms with Gasteiger partial charge >= 0.3 is 0 Å². The highest BCUT2D eigenvalue weighted by Gasteiger charge is 2.07. The van der Waals surface area contributed by atoms with E-state index in [4.69, 9.17) is 4.74 Å². The minimum absolute atomic E-state index is 0.247. The van der Waals surface area contributed by atoms with Crippen LogP contribution >= 0.6 is 0 Å². The van der Waals surface area contributed by atoms with Crippen molar-refractivity contribution in [3.8, 4) is 5.75 Å². The fraction of sp³-hybridized carbons (Fsp3) is 0.154. The van der Waals surface area contributed by atoms with Crippen LogP contribution in [0.2, 0.25) is 0 Å². The molecule has 0 saturated carbocycles. The van der Waals surface area contributed by atoms with Crippen LogP contribution in [0.3, 0.4) is 0 Å². The second-order valence-corrected chi connectivity index (χ2v) is 3.71. The molecule has 1 aromatic carbocycles. The monoisotopic (exact) mass is 243 g/mol. The van der Waals surface area contributed by atoms with Gasteiger partial charge in [0.15, 0.2) is 0 Å². The van der Waals surface area contributed by atoms with E-state index in [2.05, 4.69) is 15.3 Å². The van der Waals surface area contributed by atoms with E-state index >= 15 is 0 Å². The molecule has 92 valence electrons. The van der Waals surface area contributed by atoms with E-state index in [9.17, 15) is 4.79 Å². The predicted octanol–water partition coefficient (Wildman–Crippen LogP) is 2.05. The van der Waals surface area contributed by atoms with Crippen LogP contribution in [0.5, 0.6) is 5.75 Å². The van der Waals surface area contributed by atoms with Crippen LogP contribution in [0.1, 0.15) is 16.2 Å². The first-order valence-corrected chi connectivity index (χ1v) is 5.43. The Morgan fingerprint density at radius 3 is 2.67 bits per heavy atom. The van der Waals surface area contributed by atoms with Crippen molar-refractivity contribution in [3.63, 3.8) is 0 Å². The summed E-state index contributed by atoms with van der Waals surface area (Å²) in [6.45, 7) is 1.77. The number of carbonyl (C=O) groups is 1. The number of benzene rings is 1. The average molecular weight is 243 g/mol. The van der Waals surface area contributed by atoms with E-state index in [-0.39, 0.29) is 5.91 Å². The van der Waals surface area contributed by atoms with Gasteiger partial charge in [-0.15, -0.1) is 0 Å². The van der Waals surface area contributed by atoms with Crippen LogP contribution in [0.25, 0.3) is 0 Å². The molecule has 0 saturated heterocycles. The summed E-state index contributed by atoms with van der Waals surface area (Å²) < 4.78 is 5.08. The Morgan fingerprint density at radius 1 is 1.28 bits per heavy atom. The topological polar surface area (TPSA) is 64.1 Å². The molecular formula is C13H13N3O2. The van der Waals surface area contributed by atoms with Gasteiger partial charge in [0.2, 0.25) is 0 Å². The van der Waals surface area contributed by atoms with Crippen molar-refractivity contribution in [2.24, 2.45) is 0 Å². The third-order valence-corrected chi connectivity index (χ3v) is 2.37. The molecule has 2 aromatic rings. The third-order valence-electron chi connectivity index (χ3n) is 2.37. The van der Waals surface area contributed by atoms with Gasteiger partial charge in [-0.2, -0.15) is 0 Å². The SMILES string of the molecule is COc1cccc(NC(=O)c2cnc(C)nc2)c1. The number of methoxy groups -OCH3 is 1. The average Bonchev–Trinajstić information content (AvgIpc) is 2.39. The molecule has 1 heterocycles. The molecule has 0 spiro atoms. The molecule has 5 heteroatoms. The second-order valence-electron chi connectivity index (χ2n) is 3.71. The first-order valence-electron chi connectivity index (χ1n) is 5.43. The van der Waals surface area contributed by atoms with Gasteiger partial charge in [-0.25, -0.2) is 9.97 Å². The minimum Gasteiger partial charge on any atom is -0.497 e. The Bertz CT molecular complexity index is 552. The number of aromatic nitrogens is 2. The number of anilines is 1. The third kappa shape index (κ3) is 2.82. The summed E-state index contributed by atoms with van der Waals surface area (Å²) in [7, 11) is 1.58. The maximum Gasteiger partial charge on any atom is 0.258 e. The van der Waals surface area contributed by atoms with Gasteiger partial charge in [-0.1, -0.05) is 6.07 Å². The van der Waals surface area contributed by atoms with Crippen LogP contribution in [0.15, 0.2) is 36.7 Å². The summed E-state index contributed by atoms with van der Waals surface area (Å²) in [5, 5.41) is 2.75. The Hall–Kier alpha value is -2.43. The van der Waals surface area contributed by atoms with Crippen molar-refractivity contribution in [3.05, 3.63) is 48.0 Å². The number of carbonyl (C=O) groups excluding carboxylic acids is 1. The highest BCUT2D eigenvalue weighted by molar-refractivity contribution is 6.03. The van der Waals surface area contributed by atoms with Gasteiger partial charge in [0, 0.05) is 24.1 Å². The highest BCUT2D eigenvalue weighted by Crippen LogP contribution is 2.17. The zero-order valence-electron chi connectivity index (χ0n) is 10.2. The molecular weight excluding hydrogens is 230 g/mol. The molecule has 0 unspecified atom stereocenters. The minimum atomic E-state index is -0.247. The molecule has 1 amide bonds. The molecule has 5 nitrogen and oxygen atoms in total. The van der Waals surface area contributed by atoms with Crippen LogP contribution in [0.4, 0.5) is 5.69 Å². The molecule has 0 fully saturated rings. The van der Waals surface area contributed by atoms with Crippen molar-refractivity contribution >= 4 is 11.6 Å². The largest absolute Gasteiger partial charge is 0.497 e. The lowest BCUT2D eigenvalue weighted by molar-refractivity contribution is 0.102. The molecule has 0 aliphatic heterocycles. The smallest absolute Gasteiger partial charge is 0.258 e. The summed E-state index contributed by atoms with van der Waals surface area (Å²) in [6, 6.07) is 7.15. The van der Waals surface area contributed by atoms with Crippen molar-refractivity contribution in [1.82, 2.24) is 9.97 Å². The second kappa shape index (κ2) is 5.27. The van der Waals surface area contributed by atoms with E-state index in [0.717, 1.165) is 0 Å². The molecule has 0 aliphatic carbocycles. The van der Waals surface area contributed by atoms with Gasteiger partial charge in [0.1, 0.15) is 11.6 Å². The molecule has 1 aromatic heterocycles. The number of hydrogen-bond acceptors (Lipinski definition) is 4. The Kier molecular flexibility index (Phi) is 3.52. The predicted molar refractivity (Wildman–Crippen MR) is 67.7 cm³/mol. The fourth-order valence-electron chi connectivity index (χ4n) is 1.41. The number of amides is 1. The van der Waals surface area contributed by atoms with Crippen molar-refractivity contribution in [2.75, 3.05) is 12.4 Å². The van der Waals surface area contributed by atoms with Gasteiger partial charge in [-0.3, -0.25) is 4.79 Å². The van der Waals surface area contributed by atoms with Crippen LogP contribution in [-0.2, 0) is 0 Å². The molecule has 0 atom stereocenters. The summed E-state index contributed by atoms with van der Waals surface area (Å²) in [6.07, 6.45) is 3.00. The maximum absolute atomic E-state index is 11.9. The number of nitrogens with one attached hydrogen (secondary N) is 1. The number of aryl methyl sites for hydroxylation is 1. The van der Waals surface area contributed by atoms with Crippen molar-refractivity contribution < 1.29 is 9.53 Å².